The Morgan fingerprint density at radius 1 is 1.14 bits per heavy atom. The molecule has 0 N–H and O–H groups in total. The van der Waals surface area contributed by atoms with Crippen LogP contribution in [-0.4, -0.2) is 47.9 Å². The van der Waals surface area contributed by atoms with Gasteiger partial charge >= 0.3 is 0 Å². The lowest BCUT2D eigenvalue weighted by molar-refractivity contribution is -0.135. The van der Waals surface area contributed by atoms with Gasteiger partial charge in [-0.3, -0.25) is 9.59 Å². The quantitative estimate of drug-likeness (QED) is 0.395. The minimum Gasteiger partial charge on any atom is -0.488 e. The van der Waals surface area contributed by atoms with Crippen molar-refractivity contribution in [1.29, 1.82) is 0 Å². The summed E-state index contributed by atoms with van der Waals surface area (Å²) in [7, 11) is 0. The summed E-state index contributed by atoms with van der Waals surface area (Å²) in [4.78, 5) is 31.5. The van der Waals surface area contributed by atoms with Crippen LogP contribution in [-0.2, 0) is 11.2 Å². The van der Waals surface area contributed by atoms with E-state index in [-0.39, 0.29) is 36.8 Å². The van der Waals surface area contributed by atoms with Crippen molar-refractivity contribution in [2.75, 3.05) is 26.2 Å². The van der Waals surface area contributed by atoms with E-state index in [1.807, 2.05) is 11.4 Å². The average molecular weight is 513 g/mol. The molecule has 0 radical (unpaired) electrons. The van der Waals surface area contributed by atoms with Crippen molar-refractivity contribution in [1.82, 2.24) is 9.80 Å². The third kappa shape index (κ3) is 5.52. The Bertz CT molecular complexity index is 1230. The topological polar surface area (TPSA) is 49.9 Å². The molecular weight excluding hydrogens is 487 g/mol. The predicted molar refractivity (Wildman–Crippen MR) is 134 cm³/mol. The molecule has 35 heavy (non-hydrogen) atoms. The van der Waals surface area contributed by atoms with Gasteiger partial charge in [0, 0.05) is 28.6 Å². The van der Waals surface area contributed by atoms with E-state index in [9.17, 15) is 14.0 Å². The Hall–Kier alpha value is -2.90. The van der Waals surface area contributed by atoms with Gasteiger partial charge in [0.15, 0.2) is 11.6 Å². The number of hydrogen-bond donors (Lipinski definition) is 0. The smallest absolute Gasteiger partial charge is 0.254 e. The Morgan fingerprint density at radius 2 is 1.97 bits per heavy atom. The fourth-order valence-corrected chi connectivity index (χ4v) is 5.61. The molecule has 1 aliphatic heterocycles. The van der Waals surface area contributed by atoms with E-state index in [1.165, 1.54) is 10.9 Å². The first kappa shape index (κ1) is 23.8. The predicted octanol–water partition coefficient (Wildman–Crippen LogP) is 5.60. The molecule has 2 heterocycles. The van der Waals surface area contributed by atoms with Crippen LogP contribution in [0.4, 0.5) is 4.39 Å². The first-order valence-corrected chi connectivity index (χ1v) is 13.0. The number of nitrogens with zero attached hydrogens (tertiary/aromatic N) is 2. The summed E-state index contributed by atoms with van der Waals surface area (Å²) in [6, 6.07) is 14.8. The molecule has 2 amide bonds. The SMILES string of the molecule is O=C(c1cccc(Cl)c1)N(CC(=O)N1CCc2sccc2[C@@H]1COc1ccccc1F)CC1CC1. The Labute approximate surface area is 213 Å². The van der Waals surface area contributed by atoms with Gasteiger partial charge in [-0.2, -0.15) is 0 Å². The minimum absolute atomic E-state index is 0.0164. The van der Waals surface area contributed by atoms with Gasteiger partial charge in [-0.15, -0.1) is 11.3 Å². The largest absolute Gasteiger partial charge is 0.488 e. The lowest BCUT2D eigenvalue weighted by Gasteiger charge is -2.37. The van der Waals surface area contributed by atoms with Crippen LogP contribution in [0.15, 0.2) is 60.0 Å². The molecule has 5 rings (SSSR count). The van der Waals surface area contributed by atoms with Gasteiger partial charge in [-0.05, 0) is 72.5 Å². The maximum absolute atomic E-state index is 14.2. The van der Waals surface area contributed by atoms with Gasteiger partial charge in [0.1, 0.15) is 13.2 Å². The molecule has 1 atom stereocenters. The van der Waals surface area contributed by atoms with Crippen LogP contribution in [0.3, 0.4) is 0 Å². The van der Waals surface area contributed by atoms with Crippen LogP contribution in [0.25, 0.3) is 0 Å². The molecule has 1 aromatic heterocycles. The Morgan fingerprint density at radius 3 is 2.74 bits per heavy atom. The second-order valence-corrected chi connectivity index (χ2v) is 10.5. The monoisotopic (exact) mass is 512 g/mol. The molecule has 0 spiro atoms. The number of halogens is 2. The molecule has 0 unspecified atom stereocenters. The Kier molecular flexibility index (Phi) is 7.07. The number of amides is 2. The summed E-state index contributed by atoms with van der Waals surface area (Å²) < 4.78 is 20.0. The van der Waals surface area contributed by atoms with Crippen molar-refractivity contribution in [3.8, 4) is 5.75 Å². The molecule has 3 aromatic rings. The molecule has 0 saturated heterocycles. The van der Waals surface area contributed by atoms with Gasteiger partial charge in [0.05, 0.1) is 6.04 Å². The van der Waals surface area contributed by atoms with E-state index in [0.717, 1.165) is 24.8 Å². The van der Waals surface area contributed by atoms with Crippen molar-refractivity contribution in [2.45, 2.75) is 25.3 Å². The second kappa shape index (κ2) is 10.4. The molecule has 1 fully saturated rings. The molecular formula is C27H26ClFN2O3S. The summed E-state index contributed by atoms with van der Waals surface area (Å²) in [6.45, 7) is 1.20. The highest BCUT2D eigenvalue weighted by atomic mass is 35.5. The van der Waals surface area contributed by atoms with Crippen LogP contribution in [0.5, 0.6) is 5.75 Å². The average Bonchev–Trinajstić information content (AvgIpc) is 3.54. The number of thiophene rings is 1. The highest BCUT2D eigenvalue weighted by Gasteiger charge is 2.35. The number of fused-ring (bicyclic) bond motifs is 1. The second-order valence-electron chi connectivity index (χ2n) is 9.03. The number of para-hydroxylation sites is 1. The molecule has 8 heteroatoms. The van der Waals surface area contributed by atoms with E-state index in [2.05, 4.69) is 0 Å². The number of rotatable bonds is 8. The van der Waals surface area contributed by atoms with Crippen LogP contribution >= 0.6 is 22.9 Å². The highest BCUT2D eigenvalue weighted by molar-refractivity contribution is 7.10. The van der Waals surface area contributed by atoms with Crippen molar-refractivity contribution >= 4 is 34.8 Å². The molecule has 5 nitrogen and oxygen atoms in total. The van der Waals surface area contributed by atoms with Crippen LogP contribution < -0.4 is 4.74 Å². The standard InChI is InChI=1S/C27H26ClFN2O3S/c28-20-5-3-4-19(14-20)27(33)30(15-18-8-9-18)16-26(32)31-12-10-25-21(11-13-35-25)23(31)17-34-24-7-2-1-6-22(24)29/h1-7,11,13-14,18,23H,8-10,12,15-17H2/t23-/m0/s1. The number of hydrogen-bond acceptors (Lipinski definition) is 4. The molecule has 1 aliphatic carbocycles. The number of benzene rings is 2. The lowest BCUT2D eigenvalue weighted by Crippen LogP contribution is -2.48. The lowest BCUT2D eigenvalue weighted by atomic mass is 10.00. The third-order valence-electron chi connectivity index (χ3n) is 6.51. The fourth-order valence-electron chi connectivity index (χ4n) is 4.49. The van der Waals surface area contributed by atoms with Crippen molar-refractivity contribution in [3.63, 3.8) is 0 Å². The molecule has 2 aliphatic rings. The van der Waals surface area contributed by atoms with Gasteiger partial charge in [0.2, 0.25) is 5.91 Å². The highest BCUT2D eigenvalue weighted by Crippen LogP contribution is 2.35. The summed E-state index contributed by atoms with van der Waals surface area (Å²) in [5.74, 6) is -0.181. The minimum atomic E-state index is -0.436. The van der Waals surface area contributed by atoms with Gasteiger partial charge in [-0.25, -0.2) is 4.39 Å². The summed E-state index contributed by atoms with van der Waals surface area (Å²) in [5.41, 5.74) is 1.50. The van der Waals surface area contributed by atoms with Gasteiger partial charge in [-0.1, -0.05) is 29.8 Å². The molecule has 1 saturated carbocycles. The normalized spacial score (nSPS) is 17.1. The van der Waals surface area contributed by atoms with Gasteiger partial charge in [0.25, 0.3) is 5.91 Å². The summed E-state index contributed by atoms with van der Waals surface area (Å²) in [5, 5.41) is 2.50. The molecule has 0 bridgehead atoms. The van der Waals surface area contributed by atoms with E-state index >= 15 is 0 Å². The zero-order valence-corrected chi connectivity index (χ0v) is 20.7. The molecule has 2 aromatic carbocycles. The van der Waals surface area contributed by atoms with Crippen LogP contribution in [0, 0.1) is 11.7 Å². The van der Waals surface area contributed by atoms with E-state index < -0.39 is 5.82 Å². The van der Waals surface area contributed by atoms with Crippen molar-refractivity contribution in [2.24, 2.45) is 5.92 Å². The number of ether oxygens (including phenoxy) is 1. The van der Waals surface area contributed by atoms with Crippen LogP contribution in [0.2, 0.25) is 5.02 Å². The van der Waals surface area contributed by atoms with Crippen molar-refractivity contribution < 1.29 is 18.7 Å². The van der Waals surface area contributed by atoms with Crippen molar-refractivity contribution in [3.05, 3.63) is 86.8 Å². The Balaban J connectivity index is 1.35. The van der Waals surface area contributed by atoms with E-state index in [1.54, 1.807) is 63.6 Å². The zero-order chi connectivity index (χ0) is 24.4. The maximum atomic E-state index is 14.2. The zero-order valence-electron chi connectivity index (χ0n) is 19.2. The first-order chi connectivity index (χ1) is 17.0. The fraction of sp³-hybridized carbons (Fsp3) is 0.333. The first-order valence-electron chi connectivity index (χ1n) is 11.8. The number of carbonyl (C=O) groups excluding carboxylic acids is 2. The summed E-state index contributed by atoms with van der Waals surface area (Å²) in [6.07, 6.45) is 2.88. The van der Waals surface area contributed by atoms with Gasteiger partial charge < -0.3 is 14.5 Å². The third-order valence-corrected chi connectivity index (χ3v) is 7.74. The summed E-state index contributed by atoms with van der Waals surface area (Å²) >= 11 is 7.76. The van der Waals surface area contributed by atoms with E-state index in [4.69, 9.17) is 16.3 Å². The number of carbonyl (C=O) groups is 2. The maximum Gasteiger partial charge on any atom is 0.254 e. The van der Waals surface area contributed by atoms with E-state index in [0.29, 0.717) is 29.6 Å². The molecule has 182 valence electrons. The van der Waals surface area contributed by atoms with Crippen LogP contribution in [0.1, 0.15) is 39.7 Å².